The molecule has 100 valence electrons. The Morgan fingerprint density at radius 1 is 1.16 bits per heavy atom. The summed E-state index contributed by atoms with van der Waals surface area (Å²) in [6, 6.07) is 0.928. The Bertz CT molecular complexity index is 569. The zero-order chi connectivity index (χ0) is 13.9. The quantitative estimate of drug-likeness (QED) is 0.929. The second-order valence-corrected chi connectivity index (χ2v) is 3.74. The van der Waals surface area contributed by atoms with Gasteiger partial charge in [0.1, 0.15) is 5.82 Å². The molecule has 19 heavy (non-hydrogen) atoms. The lowest BCUT2D eigenvalue weighted by atomic mass is 10.1. The number of anilines is 1. The molecule has 2 aromatic rings. The molecular weight excluding hydrogens is 257 g/mol. The van der Waals surface area contributed by atoms with Crippen LogP contribution in [0.25, 0.3) is 11.3 Å². The zero-order valence-corrected chi connectivity index (χ0v) is 10.1. The fraction of sp³-hybridized carbons (Fsp3) is 0.250. The van der Waals surface area contributed by atoms with Gasteiger partial charge in [0.2, 0.25) is 0 Å². The van der Waals surface area contributed by atoms with Crippen molar-refractivity contribution in [1.29, 1.82) is 0 Å². The monoisotopic (exact) mass is 268 g/mol. The number of aromatic nitrogens is 3. The summed E-state index contributed by atoms with van der Waals surface area (Å²) in [7, 11) is 0. The lowest BCUT2D eigenvalue weighted by Gasteiger charge is -2.12. The standard InChI is InChI=1S/C12H11F3N4/c1-2-18-11-7-17-6-10(19-11)8-5-16-4-3-9(8)12(13,14)15/h3-7H,2H2,1H3,(H,18,19). The maximum absolute atomic E-state index is 12.9. The van der Waals surface area contributed by atoms with E-state index in [9.17, 15) is 13.2 Å². The number of nitrogens with zero attached hydrogens (tertiary/aromatic N) is 3. The van der Waals surface area contributed by atoms with Crippen molar-refractivity contribution in [1.82, 2.24) is 15.0 Å². The van der Waals surface area contributed by atoms with Gasteiger partial charge in [0.15, 0.2) is 0 Å². The van der Waals surface area contributed by atoms with Crippen LogP contribution >= 0.6 is 0 Å². The van der Waals surface area contributed by atoms with Gasteiger partial charge in [-0.05, 0) is 13.0 Å². The summed E-state index contributed by atoms with van der Waals surface area (Å²) in [5, 5.41) is 2.90. The van der Waals surface area contributed by atoms with Crippen molar-refractivity contribution in [2.45, 2.75) is 13.1 Å². The maximum Gasteiger partial charge on any atom is 0.417 e. The SMILES string of the molecule is CCNc1cncc(-c2cnccc2C(F)(F)F)n1. The molecule has 0 radical (unpaired) electrons. The summed E-state index contributed by atoms with van der Waals surface area (Å²) < 4.78 is 38.7. The van der Waals surface area contributed by atoms with Crippen LogP contribution in [0.15, 0.2) is 30.9 Å². The molecule has 2 rings (SSSR count). The van der Waals surface area contributed by atoms with Gasteiger partial charge in [-0.2, -0.15) is 13.2 Å². The van der Waals surface area contributed by atoms with Crippen LogP contribution in [-0.2, 0) is 6.18 Å². The van der Waals surface area contributed by atoms with Gasteiger partial charge in [0.05, 0.1) is 23.7 Å². The van der Waals surface area contributed by atoms with Crippen LogP contribution in [0.5, 0.6) is 0 Å². The molecule has 0 fully saturated rings. The van der Waals surface area contributed by atoms with E-state index in [2.05, 4.69) is 20.3 Å². The summed E-state index contributed by atoms with van der Waals surface area (Å²) in [5.74, 6) is 0.428. The van der Waals surface area contributed by atoms with Crippen molar-refractivity contribution in [3.63, 3.8) is 0 Å². The minimum absolute atomic E-state index is 0.0812. The summed E-state index contributed by atoms with van der Waals surface area (Å²) in [6.07, 6.45) is 0.536. The van der Waals surface area contributed by atoms with Gasteiger partial charge >= 0.3 is 6.18 Å². The molecule has 0 aliphatic heterocycles. The largest absolute Gasteiger partial charge is 0.417 e. The highest BCUT2D eigenvalue weighted by atomic mass is 19.4. The van der Waals surface area contributed by atoms with Gasteiger partial charge in [-0.15, -0.1) is 0 Å². The van der Waals surface area contributed by atoms with Gasteiger partial charge in [-0.1, -0.05) is 0 Å². The smallest absolute Gasteiger partial charge is 0.369 e. The van der Waals surface area contributed by atoms with Crippen molar-refractivity contribution in [3.8, 4) is 11.3 Å². The van der Waals surface area contributed by atoms with Gasteiger partial charge in [0.25, 0.3) is 0 Å². The second-order valence-electron chi connectivity index (χ2n) is 3.74. The summed E-state index contributed by atoms with van der Waals surface area (Å²) in [6.45, 7) is 2.47. The first-order valence-corrected chi connectivity index (χ1v) is 5.60. The Morgan fingerprint density at radius 2 is 1.95 bits per heavy atom. The third-order valence-corrected chi connectivity index (χ3v) is 2.39. The number of hydrogen-bond acceptors (Lipinski definition) is 4. The lowest BCUT2D eigenvalue weighted by molar-refractivity contribution is -0.137. The third-order valence-electron chi connectivity index (χ3n) is 2.39. The van der Waals surface area contributed by atoms with Gasteiger partial charge < -0.3 is 5.32 Å². The molecule has 0 amide bonds. The van der Waals surface area contributed by atoms with Crippen LogP contribution in [0.4, 0.5) is 19.0 Å². The molecule has 0 unspecified atom stereocenters. The van der Waals surface area contributed by atoms with Crippen LogP contribution in [-0.4, -0.2) is 21.5 Å². The zero-order valence-electron chi connectivity index (χ0n) is 10.1. The first kappa shape index (κ1) is 13.3. The van der Waals surface area contributed by atoms with Crippen molar-refractivity contribution < 1.29 is 13.2 Å². The van der Waals surface area contributed by atoms with Gasteiger partial charge in [0, 0.05) is 24.5 Å². The fourth-order valence-electron chi connectivity index (χ4n) is 1.61. The van der Waals surface area contributed by atoms with E-state index in [-0.39, 0.29) is 11.3 Å². The molecule has 0 saturated carbocycles. The molecule has 0 aliphatic carbocycles. The molecule has 1 N–H and O–H groups in total. The van der Waals surface area contributed by atoms with Crippen LogP contribution in [0.2, 0.25) is 0 Å². The lowest BCUT2D eigenvalue weighted by Crippen LogP contribution is -2.08. The minimum Gasteiger partial charge on any atom is -0.369 e. The summed E-state index contributed by atoms with van der Waals surface area (Å²) >= 11 is 0. The summed E-state index contributed by atoms with van der Waals surface area (Å²) in [5.41, 5.74) is -0.716. The molecule has 4 nitrogen and oxygen atoms in total. The molecule has 0 bridgehead atoms. The van der Waals surface area contributed by atoms with Crippen molar-refractivity contribution in [2.75, 3.05) is 11.9 Å². The Balaban J connectivity index is 2.50. The number of halogens is 3. The highest BCUT2D eigenvalue weighted by Gasteiger charge is 2.34. The highest BCUT2D eigenvalue weighted by Crippen LogP contribution is 2.35. The van der Waals surface area contributed by atoms with Crippen molar-refractivity contribution in [3.05, 3.63) is 36.4 Å². The molecule has 0 atom stereocenters. The molecule has 2 heterocycles. The van der Waals surface area contributed by atoms with E-state index in [0.29, 0.717) is 12.4 Å². The first-order valence-electron chi connectivity index (χ1n) is 5.60. The predicted octanol–water partition coefficient (Wildman–Crippen LogP) is 2.99. The van der Waals surface area contributed by atoms with E-state index in [1.54, 1.807) is 0 Å². The van der Waals surface area contributed by atoms with E-state index in [0.717, 1.165) is 18.5 Å². The second kappa shape index (κ2) is 5.21. The van der Waals surface area contributed by atoms with E-state index in [1.165, 1.54) is 12.4 Å². The van der Waals surface area contributed by atoms with E-state index < -0.39 is 11.7 Å². The predicted molar refractivity (Wildman–Crippen MR) is 64.4 cm³/mol. The number of rotatable bonds is 3. The summed E-state index contributed by atoms with van der Waals surface area (Å²) in [4.78, 5) is 11.7. The first-order chi connectivity index (χ1) is 9.02. The normalized spacial score (nSPS) is 11.4. The van der Waals surface area contributed by atoms with E-state index in [1.807, 2.05) is 6.92 Å². The molecule has 0 saturated heterocycles. The third kappa shape index (κ3) is 2.98. The Kier molecular flexibility index (Phi) is 3.64. The number of hydrogen-bond donors (Lipinski definition) is 1. The number of pyridine rings is 1. The average Bonchev–Trinajstić information content (AvgIpc) is 2.38. The Morgan fingerprint density at radius 3 is 2.63 bits per heavy atom. The van der Waals surface area contributed by atoms with Crippen LogP contribution < -0.4 is 5.32 Å². The Hall–Kier alpha value is -2.18. The highest BCUT2D eigenvalue weighted by molar-refractivity contribution is 5.63. The molecule has 0 aliphatic rings. The topological polar surface area (TPSA) is 50.7 Å². The van der Waals surface area contributed by atoms with Gasteiger partial charge in [-0.25, -0.2) is 4.98 Å². The molecular formula is C12H11F3N4. The molecule has 7 heteroatoms. The average molecular weight is 268 g/mol. The molecule has 0 spiro atoms. The van der Waals surface area contributed by atoms with Crippen molar-refractivity contribution >= 4 is 5.82 Å². The van der Waals surface area contributed by atoms with Gasteiger partial charge in [-0.3, -0.25) is 9.97 Å². The minimum atomic E-state index is -4.45. The Labute approximate surface area is 107 Å². The van der Waals surface area contributed by atoms with Crippen molar-refractivity contribution in [2.24, 2.45) is 0 Å². The fourth-order valence-corrected chi connectivity index (χ4v) is 1.61. The number of alkyl halides is 3. The van der Waals surface area contributed by atoms with Crippen LogP contribution in [0.1, 0.15) is 12.5 Å². The van der Waals surface area contributed by atoms with Crippen LogP contribution in [0, 0.1) is 0 Å². The number of nitrogens with one attached hydrogen (secondary N) is 1. The molecule has 0 aromatic carbocycles. The maximum atomic E-state index is 12.9. The molecule has 2 aromatic heterocycles. The van der Waals surface area contributed by atoms with Crippen LogP contribution in [0.3, 0.4) is 0 Å². The van der Waals surface area contributed by atoms with E-state index >= 15 is 0 Å². The van der Waals surface area contributed by atoms with E-state index in [4.69, 9.17) is 0 Å².